The van der Waals surface area contributed by atoms with Gasteiger partial charge in [-0.1, -0.05) is 0 Å². The summed E-state index contributed by atoms with van der Waals surface area (Å²) in [6.45, 7) is 5.44. The van der Waals surface area contributed by atoms with E-state index >= 15 is 0 Å². The molecule has 0 radical (unpaired) electrons. The first-order valence-corrected chi connectivity index (χ1v) is 4.46. The molecule has 0 unspecified atom stereocenters. The molecule has 4 heteroatoms. The monoisotopic (exact) mass is 189 g/mol. The molecule has 1 atom stereocenters. The number of carbonyl (C=O) groups excluding carboxylic acids is 1. The number of hydrogen-bond donors (Lipinski definition) is 2. The normalized spacial score (nSPS) is 13.9. The van der Waals surface area contributed by atoms with Crippen molar-refractivity contribution in [2.75, 3.05) is 6.61 Å². The van der Waals surface area contributed by atoms with Crippen LogP contribution in [0, 0.1) is 0 Å². The fourth-order valence-electron chi connectivity index (χ4n) is 0.807. The SMILES string of the molecule is CC(C)(C)OC(=O)[C@H](N)CCCO. The molecule has 0 aromatic heterocycles. The first-order valence-electron chi connectivity index (χ1n) is 4.46. The van der Waals surface area contributed by atoms with Crippen molar-refractivity contribution in [3.63, 3.8) is 0 Å². The van der Waals surface area contributed by atoms with Crippen LogP contribution in [-0.2, 0) is 9.53 Å². The Morgan fingerprint density at radius 3 is 2.46 bits per heavy atom. The molecule has 0 aliphatic rings. The average Bonchev–Trinajstić information content (AvgIpc) is 1.96. The number of carbonyl (C=O) groups is 1. The number of aliphatic hydroxyl groups excluding tert-OH is 1. The molecule has 0 aliphatic carbocycles. The van der Waals surface area contributed by atoms with Crippen LogP contribution in [0.15, 0.2) is 0 Å². The molecule has 0 spiro atoms. The number of rotatable bonds is 4. The molecular formula is C9H19NO3. The zero-order valence-electron chi connectivity index (χ0n) is 8.54. The molecule has 0 aromatic carbocycles. The van der Waals surface area contributed by atoms with E-state index in [0.29, 0.717) is 12.8 Å². The highest BCUT2D eigenvalue weighted by Crippen LogP contribution is 2.09. The van der Waals surface area contributed by atoms with Crippen LogP contribution in [0.5, 0.6) is 0 Å². The maximum absolute atomic E-state index is 11.2. The lowest BCUT2D eigenvalue weighted by molar-refractivity contribution is -0.156. The third kappa shape index (κ3) is 6.54. The van der Waals surface area contributed by atoms with Gasteiger partial charge in [0, 0.05) is 6.61 Å². The predicted octanol–water partition coefficient (Wildman–Crippen LogP) is 0.428. The quantitative estimate of drug-likeness (QED) is 0.629. The molecule has 0 aromatic rings. The number of nitrogens with two attached hydrogens (primary N) is 1. The number of aliphatic hydroxyl groups is 1. The highest BCUT2D eigenvalue weighted by Gasteiger charge is 2.21. The molecule has 78 valence electrons. The van der Waals surface area contributed by atoms with Crippen molar-refractivity contribution in [3.8, 4) is 0 Å². The maximum Gasteiger partial charge on any atom is 0.323 e. The minimum atomic E-state index is -0.619. The summed E-state index contributed by atoms with van der Waals surface area (Å²) in [7, 11) is 0. The molecule has 0 rings (SSSR count). The number of esters is 1. The zero-order valence-corrected chi connectivity index (χ0v) is 8.54. The van der Waals surface area contributed by atoms with E-state index in [1.54, 1.807) is 20.8 Å². The number of ether oxygens (including phenoxy) is 1. The van der Waals surface area contributed by atoms with Gasteiger partial charge < -0.3 is 15.6 Å². The molecule has 0 saturated carbocycles. The Labute approximate surface area is 79.1 Å². The van der Waals surface area contributed by atoms with E-state index in [9.17, 15) is 4.79 Å². The van der Waals surface area contributed by atoms with E-state index in [1.807, 2.05) is 0 Å². The van der Waals surface area contributed by atoms with Gasteiger partial charge in [-0.25, -0.2) is 0 Å². The molecular weight excluding hydrogens is 170 g/mol. The van der Waals surface area contributed by atoms with Crippen molar-refractivity contribution in [2.24, 2.45) is 5.73 Å². The van der Waals surface area contributed by atoms with E-state index in [-0.39, 0.29) is 6.61 Å². The third-order valence-corrected chi connectivity index (χ3v) is 1.38. The smallest absolute Gasteiger partial charge is 0.323 e. The summed E-state index contributed by atoms with van der Waals surface area (Å²) in [4.78, 5) is 11.2. The van der Waals surface area contributed by atoms with Crippen LogP contribution in [-0.4, -0.2) is 29.3 Å². The van der Waals surface area contributed by atoms with Gasteiger partial charge in [-0.15, -0.1) is 0 Å². The van der Waals surface area contributed by atoms with Gasteiger partial charge in [0.1, 0.15) is 11.6 Å². The Morgan fingerprint density at radius 2 is 2.08 bits per heavy atom. The Kier molecular flexibility index (Phi) is 4.95. The second-order valence-corrected chi connectivity index (χ2v) is 4.01. The van der Waals surface area contributed by atoms with Crippen LogP contribution in [0.2, 0.25) is 0 Å². The van der Waals surface area contributed by atoms with Crippen molar-refractivity contribution in [3.05, 3.63) is 0 Å². The van der Waals surface area contributed by atoms with Gasteiger partial charge in [0.05, 0.1) is 0 Å². The van der Waals surface area contributed by atoms with E-state index in [2.05, 4.69) is 0 Å². The van der Waals surface area contributed by atoms with Crippen LogP contribution >= 0.6 is 0 Å². The van der Waals surface area contributed by atoms with Gasteiger partial charge in [0.15, 0.2) is 0 Å². The summed E-state index contributed by atoms with van der Waals surface area (Å²) in [5, 5.41) is 8.52. The third-order valence-electron chi connectivity index (χ3n) is 1.38. The van der Waals surface area contributed by atoms with Crippen LogP contribution in [0.4, 0.5) is 0 Å². The van der Waals surface area contributed by atoms with Gasteiger partial charge in [-0.3, -0.25) is 4.79 Å². The molecule has 0 heterocycles. The summed E-state index contributed by atoms with van der Waals surface area (Å²) in [5.41, 5.74) is 5.03. The fourth-order valence-corrected chi connectivity index (χ4v) is 0.807. The van der Waals surface area contributed by atoms with Crippen molar-refractivity contribution in [1.29, 1.82) is 0 Å². The topological polar surface area (TPSA) is 72.5 Å². The van der Waals surface area contributed by atoms with E-state index < -0.39 is 17.6 Å². The first-order chi connectivity index (χ1) is 5.87. The number of hydrogen-bond acceptors (Lipinski definition) is 4. The molecule has 0 fully saturated rings. The van der Waals surface area contributed by atoms with E-state index in [4.69, 9.17) is 15.6 Å². The van der Waals surface area contributed by atoms with Crippen molar-refractivity contribution in [2.45, 2.75) is 45.3 Å². The molecule has 0 aliphatic heterocycles. The van der Waals surface area contributed by atoms with Gasteiger partial charge in [-0.05, 0) is 33.6 Å². The maximum atomic E-state index is 11.2. The largest absolute Gasteiger partial charge is 0.459 e. The molecule has 0 saturated heterocycles. The lowest BCUT2D eigenvalue weighted by Crippen LogP contribution is -2.37. The van der Waals surface area contributed by atoms with Gasteiger partial charge in [-0.2, -0.15) is 0 Å². The second-order valence-electron chi connectivity index (χ2n) is 4.01. The summed E-state index contributed by atoms with van der Waals surface area (Å²) in [5.74, 6) is -0.402. The summed E-state index contributed by atoms with van der Waals surface area (Å²) < 4.78 is 5.05. The van der Waals surface area contributed by atoms with E-state index in [1.165, 1.54) is 0 Å². The Morgan fingerprint density at radius 1 is 1.54 bits per heavy atom. The standard InChI is InChI=1S/C9H19NO3/c1-9(2,3)13-8(12)7(10)5-4-6-11/h7,11H,4-6,10H2,1-3H3/t7-/m1/s1. The molecule has 4 nitrogen and oxygen atoms in total. The highest BCUT2D eigenvalue weighted by molar-refractivity contribution is 5.75. The molecule has 3 N–H and O–H groups in total. The van der Waals surface area contributed by atoms with E-state index in [0.717, 1.165) is 0 Å². The van der Waals surface area contributed by atoms with Gasteiger partial charge in [0.25, 0.3) is 0 Å². The summed E-state index contributed by atoms with van der Waals surface area (Å²) in [6.07, 6.45) is 0.992. The minimum absolute atomic E-state index is 0.0521. The minimum Gasteiger partial charge on any atom is -0.459 e. The highest BCUT2D eigenvalue weighted by atomic mass is 16.6. The molecule has 0 amide bonds. The van der Waals surface area contributed by atoms with Crippen molar-refractivity contribution < 1.29 is 14.6 Å². The van der Waals surface area contributed by atoms with Crippen LogP contribution < -0.4 is 5.73 Å². The van der Waals surface area contributed by atoms with Crippen molar-refractivity contribution in [1.82, 2.24) is 0 Å². The summed E-state index contributed by atoms with van der Waals surface area (Å²) >= 11 is 0. The van der Waals surface area contributed by atoms with Gasteiger partial charge >= 0.3 is 5.97 Å². The predicted molar refractivity (Wildman–Crippen MR) is 50.1 cm³/mol. The Hall–Kier alpha value is -0.610. The second kappa shape index (κ2) is 5.19. The van der Waals surface area contributed by atoms with Crippen LogP contribution in [0.1, 0.15) is 33.6 Å². The van der Waals surface area contributed by atoms with Crippen LogP contribution in [0.25, 0.3) is 0 Å². The van der Waals surface area contributed by atoms with Crippen LogP contribution in [0.3, 0.4) is 0 Å². The average molecular weight is 189 g/mol. The lowest BCUT2D eigenvalue weighted by atomic mass is 10.1. The van der Waals surface area contributed by atoms with Gasteiger partial charge in [0.2, 0.25) is 0 Å². The Bertz CT molecular complexity index is 163. The summed E-state index contributed by atoms with van der Waals surface area (Å²) in [6, 6.07) is -0.619. The molecule has 0 bridgehead atoms. The Balaban J connectivity index is 3.83. The lowest BCUT2D eigenvalue weighted by Gasteiger charge is -2.21. The first kappa shape index (κ1) is 12.4. The zero-order chi connectivity index (χ0) is 10.5. The van der Waals surface area contributed by atoms with Crippen molar-refractivity contribution >= 4 is 5.97 Å². The fraction of sp³-hybridized carbons (Fsp3) is 0.889. The molecule has 13 heavy (non-hydrogen) atoms.